The molecule has 0 spiro atoms. The van der Waals surface area contributed by atoms with Crippen LogP contribution in [0.2, 0.25) is 0 Å². The van der Waals surface area contributed by atoms with Gasteiger partial charge in [-0.2, -0.15) is 0 Å². The van der Waals surface area contributed by atoms with Crippen LogP contribution in [0.1, 0.15) is 16.3 Å². The van der Waals surface area contributed by atoms with Gasteiger partial charge >= 0.3 is 0 Å². The number of fused-ring (bicyclic) bond motifs is 1. The molecule has 144 valence electrons. The van der Waals surface area contributed by atoms with E-state index in [1.165, 1.54) is 22.6 Å². The number of carbonyl (C=O) groups is 1. The highest BCUT2D eigenvalue weighted by Crippen LogP contribution is 2.26. The molecule has 1 amide bonds. The van der Waals surface area contributed by atoms with Crippen LogP contribution in [0, 0.1) is 0 Å². The van der Waals surface area contributed by atoms with E-state index < -0.39 is 0 Å². The number of hydrogen-bond donors (Lipinski definition) is 1. The van der Waals surface area contributed by atoms with Gasteiger partial charge in [0.05, 0.1) is 12.1 Å². The maximum absolute atomic E-state index is 12.2. The van der Waals surface area contributed by atoms with Crippen molar-refractivity contribution in [2.75, 3.05) is 24.5 Å². The maximum Gasteiger partial charge on any atom is 0.226 e. The molecule has 1 aromatic heterocycles. The van der Waals surface area contributed by atoms with Crippen molar-refractivity contribution < 1.29 is 9.53 Å². The number of thiazole rings is 1. The minimum absolute atomic E-state index is 0.00769. The molecule has 4 rings (SSSR count). The van der Waals surface area contributed by atoms with Crippen molar-refractivity contribution in [2.45, 2.75) is 19.4 Å². The summed E-state index contributed by atoms with van der Waals surface area (Å²) in [4.78, 5) is 19.1. The summed E-state index contributed by atoms with van der Waals surface area (Å²) < 4.78 is 5.70. The number of amides is 1. The Bertz CT molecular complexity index is 926. The number of rotatable bonds is 8. The van der Waals surface area contributed by atoms with E-state index in [1.54, 1.807) is 0 Å². The van der Waals surface area contributed by atoms with Gasteiger partial charge in [0.2, 0.25) is 5.91 Å². The van der Waals surface area contributed by atoms with Crippen LogP contribution in [0.5, 0.6) is 5.75 Å². The molecule has 1 aliphatic heterocycles. The van der Waals surface area contributed by atoms with E-state index in [0.717, 1.165) is 36.0 Å². The lowest BCUT2D eigenvalue weighted by Gasteiger charge is -2.19. The van der Waals surface area contributed by atoms with Gasteiger partial charge in [0.1, 0.15) is 17.4 Å². The highest BCUT2D eigenvalue weighted by molar-refractivity contribution is 7.09. The van der Waals surface area contributed by atoms with E-state index >= 15 is 0 Å². The third-order valence-electron chi connectivity index (χ3n) is 4.73. The van der Waals surface area contributed by atoms with Crippen molar-refractivity contribution in [3.63, 3.8) is 0 Å². The fourth-order valence-corrected chi connectivity index (χ4v) is 4.06. The minimum Gasteiger partial charge on any atom is -0.486 e. The molecule has 2 heterocycles. The molecular formula is C22H23N3O2S. The Kier molecular flexibility index (Phi) is 5.87. The second-order valence-corrected chi connectivity index (χ2v) is 7.67. The second-order valence-electron chi connectivity index (χ2n) is 6.73. The number of hydrogen-bond acceptors (Lipinski definition) is 5. The molecule has 0 atom stereocenters. The number of nitrogens with one attached hydrogen (secondary N) is 1. The third kappa shape index (κ3) is 4.70. The molecule has 2 aromatic carbocycles. The molecule has 0 fully saturated rings. The van der Waals surface area contributed by atoms with Crippen molar-refractivity contribution in [2.24, 2.45) is 0 Å². The highest BCUT2D eigenvalue weighted by atomic mass is 32.1. The molecule has 1 aliphatic rings. The van der Waals surface area contributed by atoms with Gasteiger partial charge in [-0.15, -0.1) is 11.3 Å². The van der Waals surface area contributed by atoms with Crippen LogP contribution in [0.4, 0.5) is 5.69 Å². The average Bonchev–Trinajstić information content (AvgIpc) is 3.34. The Balaban J connectivity index is 1.20. The first-order chi connectivity index (χ1) is 13.8. The summed E-state index contributed by atoms with van der Waals surface area (Å²) >= 11 is 1.52. The monoisotopic (exact) mass is 393 g/mol. The van der Waals surface area contributed by atoms with Gasteiger partial charge in [0, 0.05) is 30.7 Å². The predicted octanol–water partition coefficient (Wildman–Crippen LogP) is 3.44. The number of aromatic nitrogens is 1. The number of nitrogens with zero attached hydrogens (tertiary/aromatic N) is 2. The molecule has 3 aromatic rings. The fourth-order valence-electron chi connectivity index (χ4n) is 3.35. The first-order valence-electron chi connectivity index (χ1n) is 9.48. The Hall–Kier alpha value is -2.86. The van der Waals surface area contributed by atoms with Crippen LogP contribution in [0.15, 0.2) is 60.0 Å². The van der Waals surface area contributed by atoms with Gasteiger partial charge in [-0.05, 0) is 30.2 Å². The summed E-state index contributed by atoms with van der Waals surface area (Å²) in [6.07, 6.45) is 1.38. The Morgan fingerprint density at radius 1 is 1.14 bits per heavy atom. The normalized spacial score (nSPS) is 12.6. The summed E-state index contributed by atoms with van der Waals surface area (Å²) in [6, 6.07) is 18.1. The maximum atomic E-state index is 12.2. The highest BCUT2D eigenvalue weighted by Gasteiger charge is 2.17. The molecule has 0 radical (unpaired) electrons. The van der Waals surface area contributed by atoms with E-state index in [4.69, 9.17) is 4.74 Å². The molecule has 5 nitrogen and oxygen atoms in total. The predicted molar refractivity (Wildman–Crippen MR) is 112 cm³/mol. The molecule has 0 saturated heterocycles. The van der Waals surface area contributed by atoms with Crippen molar-refractivity contribution in [3.05, 3.63) is 76.2 Å². The van der Waals surface area contributed by atoms with Crippen LogP contribution >= 0.6 is 11.3 Å². The van der Waals surface area contributed by atoms with Crippen LogP contribution in [0.25, 0.3) is 0 Å². The molecule has 0 bridgehead atoms. The summed E-state index contributed by atoms with van der Waals surface area (Å²) in [5.41, 5.74) is 3.47. The van der Waals surface area contributed by atoms with E-state index in [0.29, 0.717) is 19.6 Å². The van der Waals surface area contributed by atoms with Crippen LogP contribution in [-0.4, -0.2) is 30.5 Å². The minimum atomic E-state index is 0.00769. The van der Waals surface area contributed by atoms with Gasteiger partial charge < -0.3 is 15.0 Å². The zero-order valence-electron chi connectivity index (χ0n) is 15.6. The van der Waals surface area contributed by atoms with Gasteiger partial charge in [0.15, 0.2) is 0 Å². The molecule has 6 heteroatoms. The van der Waals surface area contributed by atoms with Crippen molar-refractivity contribution in [3.8, 4) is 5.75 Å². The van der Waals surface area contributed by atoms with Crippen molar-refractivity contribution >= 4 is 22.9 Å². The number of carbonyl (C=O) groups excluding carboxylic acids is 1. The van der Waals surface area contributed by atoms with E-state index in [-0.39, 0.29) is 5.91 Å². The van der Waals surface area contributed by atoms with E-state index in [9.17, 15) is 4.79 Å². The number of anilines is 1. The van der Waals surface area contributed by atoms with Crippen LogP contribution in [-0.2, 0) is 24.2 Å². The first-order valence-corrected chi connectivity index (χ1v) is 10.4. The lowest BCUT2D eigenvalue weighted by atomic mass is 10.2. The van der Waals surface area contributed by atoms with E-state index in [2.05, 4.69) is 39.5 Å². The number of para-hydroxylation sites is 2. The molecule has 28 heavy (non-hydrogen) atoms. The Labute approximate surface area is 169 Å². The topological polar surface area (TPSA) is 54.5 Å². The van der Waals surface area contributed by atoms with Gasteiger partial charge in [-0.3, -0.25) is 4.79 Å². The fraction of sp³-hybridized carbons (Fsp3) is 0.273. The number of benzene rings is 2. The van der Waals surface area contributed by atoms with Crippen molar-refractivity contribution in [1.29, 1.82) is 0 Å². The number of ether oxygens (including phenoxy) is 1. The van der Waals surface area contributed by atoms with Crippen LogP contribution < -0.4 is 15.0 Å². The quantitative estimate of drug-likeness (QED) is 0.637. The third-order valence-corrected chi connectivity index (χ3v) is 5.60. The molecule has 0 aliphatic carbocycles. The lowest BCUT2D eigenvalue weighted by molar-refractivity contribution is -0.120. The van der Waals surface area contributed by atoms with Gasteiger partial charge in [-0.1, -0.05) is 36.4 Å². The Morgan fingerprint density at radius 2 is 1.96 bits per heavy atom. The van der Waals surface area contributed by atoms with E-state index in [1.807, 2.05) is 35.7 Å². The SMILES string of the molecule is O=C(Cc1csc(COc2ccccc2)n1)NCCN1CCc2ccccc21. The van der Waals surface area contributed by atoms with Crippen LogP contribution in [0.3, 0.4) is 0 Å². The molecule has 0 saturated carbocycles. The second kappa shape index (κ2) is 8.89. The summed E-state index contributed by atoms with van der Waals surface area (Å²) in [7, 11) is 0. The lowest BCUT2D eigenvalue weighted by Crippen LogP contribution is -2.34. The van der Waals surface area contributed by atoms with Gasteiger partial charge in [-0.25, -0.2) is 4.98 Å². The summed E-state index contributed by atoms with van der Waals surface area (Å²) in [5, 5.41) is 5.81. The zero-order chi connectivity index (χ0) is 19.2. The molecular weight excluding hydrogens is 370 g/mol. The smallest absolute Gasteiger partial charge is 0.226 e. The largest absolute Gasteiger partial charge is 0.486 e. The first kappa shape index (κ1) is 18.5. The zero-order valence-corrected chi connectivity index (χ0v) is 16.5. The molecule has 0 unspecified atom stereocenters. The Morgan fingerprint density at radius 3 is 2.86 bits per heavy atom. The standard InChI is InChI=1S/C22H23N3O2S/c26-21(23-11-13-25-12-10-17-6-4-5-9-20(17)25)14-18-16-28-22(24-18)15-27-19-7-2-1-3-8-19/h1-9,16H,10-15H2,(H,23,26). The molecule has 1 N–H and O–H groups in total. The average molecular weight is 394 g/mol. The van der Waals surface area contributed by atoms with Gasteiger partial charge in [0.25, 0.3) is 0 Å². The summed E-state index contributed by atoms with van der Waals surface area (Å²) in [5.74, 6) is 0.828. The summed E-state index contributed by atoms with van der Waals surface area (Å²) in [6.45, 7) is 2.91. The van der Waals surface area contributed by atoms with Crippen molar-refractivity contribution in [1.82, 2.24) is 10.3 Å².